The molecule has 7 heteroatoms. The molecule has 3 heterocycles. The number of nitrogens with one attached hydrogen (secondary N) is 1. The minimum atomic E-state index is 0.717. The van der Waals surface area contributed by atoms with Crippen molar-refractivity contribution < 1.29 is 4.74 Å². The lowest BCUT2D eigenvalue weighted by Gasteiger charge is -2.35. The van der Waals surface area contributed by atoms with Crippen molar-refractivity contribution in [3.63, 3.8) is 0 Å². The second-order valence-corrected chi connectivity index (χ2v) is 8.73. The molecule has 0 spiro atoms. The van der Waals surface area contributed by atoms with Gasteiger partial charge in [0.15, 0.2) is 0 Å². The van der Waals surface area contributed by atoms with E-state index in [2.05, 4.69) is 70.3 Å². The number of morpholine rings is 1. The molecule has 2 aliphatic heterocycles. The average molecular weight is 449 g/mol. The Labute approximate surface area is 198 Å². The lowest BCUT2D eigenvalue weighted by molar-refractivity contribution is 0.122. The Hall–Kier alpha value is -2.66. The van der Waals surface area contributed by atoms with E-state index >= 15 is 0 Å². The van der Waals surface area contributed by atoms with Gasteiger partial charge in [0.2, 0.25) is 0 Å². The fourth-order valence-corrected chi connectivity index (χ4v) is 4.81. The summed E-state index contributed by atoms with van der Waals surface area (Å²) in [6.45, 7) is 13.9. The molecule has 0 aliphatic carbocycles. The Morgan fingerprint density at radius 2 is 1.85 bits per heavy atom. The summed E-state index contributed by atoms with van der Waals surface area (Å²) >= 11 is 0. The molecule has 1 saturated heterocycles. The molecule has 2 aliphatic rings. The van der Waals surface area contributed by atoms with Crippen molar-refractivity contribution in [2.24, 2.45) is 0 Å². The molecule has 33 heavy (non-hydrogen) atoms. The maximum atomic E-state index is 10.1. The van der Waals surface area contributed by atoms with Gasteiger partial charge in [-0.1, -0.05) is 44.2 Å². The van der Waals surface area contributed by atoms with Crippen LogP contribution in [0.3, 0.4) is 0 Å². The summed E-state index contributed by atoms with van der Waals surface area (Å²) in [5, 5.41) is 13.6. The number of nitrogens with zero attached hydrogens (tertiary/aromatic N) is 5. The molecule has 0 amide bonds. The summed E-state index contributed by atoms with van der Waals surface area (Å²) in [6.07, 6.45) is 0.871. The van der Waals surface area contributed by atoms with Gasteiger partial charge in [0, 0.05) is 51.4 Å². The maximum Gasteiger partial charge on any atom is 0.146 e. The molecule has 0 radical (unpaired) electrons. The van der Waals surface area contributed by atoms with Crippen LogP contribution in [-0.4, -0.2) is 73.8 Å². The van der Waals surface area contributed by atoms with Gasteiger partial charge in [-0.15, -0.1) is 0 Å². The third-order valence-corrected chi connectivity index (χ3v) is 6.74. The minimum absolute atomic E-state index is 0.717. The van der Waals surface area contributed by atoms with Crippen LogP contribution in [0.15, 0.2) is 30.3 Å². The Balaban J connectivity index is 1.62. The monoisotopic (exact) mass is 448 g/mol. The van der Waals surface area contributed by atoms with E-state index in [1.165, 1.54) is 16.7 Å². The highest BCUT2D eigenvalue weighted by Gasteiger charge is 2.28. The van der Waals surface area contributed by atoms with Crippen LogP contribution in [-0.2, 0) is 24.2 Å². The van der Waals surface area contributed by atoms with Crippen molar-refractivity contribution in [2.75, 3.05) is 69.2 Å². The molecular weight excluding hydrogens is 412 g/mol. The molecule has 0 saturated carbocycles. The summed E-state index contributed by atoms with van der Waals surface area (Å²) < 4.78 is 5.60. The van der Waals surface area contributed by atoms with Crippen molar-refractivity contribution in [2.45, 2.75) is 33.4 Å². The normalized spacial score (nSPS) is 16.5. The second kappa shape index (κ2) is 11.5. The first-order valence-electron chi connectivity index (χ1n) is 12.2. The van der Waals surface area contributed by atoms with E-state index in [0.717, 1.165) is 95.7 Å². The topological polar surface area (TPSA) is 67.7 Å². The number of pyridine rings is 1. The molecule has 4 rings (SSSR count). The molecule has 7 nitrogen and oxygen atoms in total. The van der Waals surface area contributed by atoms with Gasteiger partial charge in [-0.3, -0.25) is 4.90 Å². The van der Waals surface area contributed by atoms with E-state index in [9.17, 15) is 5.26 Å². The molecule has 1 fully saturated rings. The van der Waals surface area contributed by atoms with Gasteiger partial charge >= 0.3 is 0 Å². The molecule has 0 unspecified atom stereocenters. The van der Waals surface area contributed by atoms with E-state index in [1.807, 2.05) is 0 Å². The zero-order valence-corrected chi connectivity index (χ0v) is 20.0. The van der Waals surface area contributed by atoms with Gasteiger partial charge < -0.3 is 19.9 Å². The Morgan fingerprint density at radius 3 is 2.55 bits per heavy atom. The van der Waals surface area contributed by atoms with E-state index in [0.29, 0.717) is 0 Å². The first-order chi connectivity index (χ1) is 16.2. The number of likely N-dealkylation sites (N-methyl/N-ethyl adjacent to an activating group) is 1. The number of aromatic nitrogens is 1. The van der Waals surface area contributed by atoms with Crippen molar-refractivity contribution >= 4 is 11.6 Å². The molecule has 176 valence electrons. The molecule has 1 aromatic carbocycles. The van der Waals surface area contributed by atoms with E-state index in [-0.39, 0.29) is 0 Å². The first kappa shape index (κ1) is 23.5. The van der Waals surface area contributed by atoms with E-state index in [1.54, 1.807) is 0 Å². The largest absolute Gasteiger partial charge is 0.378 e. The number of hydrogen-bond donors (Lipinski definition) is 1. The standard InChI is InChI=1S/C26H36N6O/c1-3-30(4-2)13-11-28-25-23(18-27)22-10-12-31(19-21-8-6-5-7-9-21)20-24(22)26(29-25)32-14-16-33-17-15-32/h5-9H,3-4,10-17,19-20H2,1-2H3,(H,28,29). The first-order valence-corrected chi connectivity index (χ1v) is 12.2. The van der Waals surface area contributed by atoms with Crippen molar-refractivity contribution in [3.8, 4) is 6.07 Å². The lowest BCUT2D eigenvalue weighted by atomic mass is 9.94. The van der Waals surface area contributed by atoms with Crippen LogP contribution in [0.5, 0.6) is 0 Å². The Kier molecular flexibility index (Phi) is 8.16. The van der Waals surface area contributed by atoms with E-state index < -0.39 is 0 Å². The minimum Gasteiger partial charge on any atom is -0.378 e. The zero-order chi connectivity index (χ0) is 23.0. The summed E-state index contributed by atoms with van der Waals surface area (Å²) in [5.41, 5.74) is 4.42. The van der Waals surface area contributed by atoms with Crippen molar-refractivity contribution in [1.82, 2.24) is 14.8 Å². The highest BCUT2D eigenvalue weighted by atomic mass is 16.5. The molecule has 1 N–H and O–H groups in total. The quantitative estimate of drug-likeness (QED) is 0.632. The smallest absolute Gasteiger partial charge is 0.146 e. The number of benzene rings is 1. The Morgan fingerprint density at radius 1 is 1.09 bits per heavy atom. The highest BCUT2D eigenvalue weighted by molar-refractivity contribution is 5.67. The van der Waals surface area contributed by atoms with Gasteiger partial charge in [-0.25, -0.2) is 4.98 Å². The predicted molar refractivity (Wildman–Crippen MR) is 133 cm³/mol. The summed E-state index contributed by atoms with van der Waals surface area (Å²) in [5.74, 6) is 1.76. The fourth-order valence-electron chi connectivity index (χ4n) is 4.81. The van der Waals surface area contributed by atoms with Gasteiger partial charge in [-0.2, -0.15) is 5.26 Å². The molecule has 0 atom stereocenters. The number of rotatable bonds is 9. The fraction of sp³-hybridized carbons (Fsp3) is 0.538. The third-order valence-electron chi connectivity index (χ3n) is 6.74. The van der Waals surface area contributed by atoms with Crippen molar-refractivity contribution in [3.05, 3.63) is 52.6 Å². The van der Waals surface area contributed by atoms with Crippen LogP contribution in [0, 0.1) is 11.3 Å². The van der Waals surface area contributed by atoms with E-state index in [4.69, 9.17) is 9.72 Å². The molecule has 1 aromatic heterocycles. The SMILES string of the molecule is CCN(CC)CCNc1nc(N2CCOCC2)c2c(c1C#N)CCN(Cc1ccccc1)C2. The van der Waals surface area contributed by atoms with Crippen LogP contribution in [0.4, 0.5) is 11.6 Å². The van der Waals surface area contributed by atoms with Gasteiger partial charge in [0.25, 0.3) is 0 Å². The molecule has 2 aromatic rings. The summed E-state index contributed by atoms with van der Waals surface area (Å²) in [4.78, 5) is 12.2. The second-order valence-electron chi connectivity index (χ2n) is 8.73. The third kappa shape index (κ3) is 5.64. The summed E-state index contributed by atoms with van der Waals surface area (Å²) in [6, 6.07) is 13.1. The highest BCUT2D eigenvalue weighted by Crippen LogP contribution is 2.34. The van der Waals surface area contributed by atoms with Gasteiger partial charge in [0.05, 0.1) is 18.8 Å². The van der Waals surface area contributed by atoms with Crippen molar-refractivity contribution in [1.29, 1.82) is 5.26 Å². The molecular formula is C26H36N6O. The maximum absolute atomic E-state index is 10.1. The van der Waals surface area contributed by atoms with Gasteiger partial charge in [-0.05, 0) is 30.6 Å². The Bertz CT molecular complexity index is 947. The number of fused-ring (bicyclic) bond motifs is 1. The van der Waals surface area contributed by atoms with Crippen LogP contribution in [0.1, 0.15) is 36.1 Å². The number of nitriles is 1. The summed E-state index contributed by atoms with van der Waals surface area (Å²) in [7, 11) is 0. The van der Waals surface area contributed by atoms with Crippen LogP contribution < -0.4 is 10.2 Å². The van der Waals surface area contributed by atoms with Crippen LogP contribution in [0.25, 0.3) is 0 Å². The van der Waals surface area contributed by atoms with Crippen LogP contribution >= 0.6 is 0 Å². The average Bonchev–Trinajstić information content (AvgIpc) is 2.87. The predicted octanol–water partition coefficient (Wildman–Crippen LogP) is 3.10. The lowest BCUT2D eigenvalue weighted by Crippen LogP contribution is -2.40. The number of hydrogen-bond acceptors (Lipinski definition) is 7. The number of anilines is 2. The van der Waals surface area contributed by atoms with Crippen LogP contribution in [0.2, 0.25) is 0 Å². The molecule has 0 bridgehead atoms. The number of ether oxygens (including phenoxy) is 1. The zero-order valence-electron chi connectivity index (χ0n) is 20.0. The van der Waals surface area contributed by atoms with Gasteiger partial charge in [0.1, 0.15) is 17.7 Å².